The molecule has 0 bridgehead atoms. The van der Waals surface area contributed by atoms with Gasteiger partial charge >= 0.3 is 0 Å². The van der Waals surface area contributed by atoms with Crippen LogP contribution in [-0.4, -0.2) is 42.5 Å². The summed E-state index contributed by atoms with van der Waals surface area (Å²) in [5.41, 5.74) is 2.60. The highest BCUT2D eigenvalue weighted by atomic mass is 35.5. The maximum absolute atomic E-state index is 11.8. The van der Waals surface area contributed by atoms with Crippen LogP contribution in [0.1, 0.15) is 49.1 Å². The number of carbonyl (C=O) groups excluding carboxylic acids is 1. The highest BCUT2D eigenvalue weighted by molar-refractivity contribution is 5.85. The molecule has 1 heterocycles. The summed E-state index contributed by atoms with van der Waals surface area (Å²) in [5, 5.41) is 0. The Labute approximate surface area is 174 Å². The molecule has 2 aromatic rings. The van der Waals surface area contributed by atoms with Gasteiger partial charge in [0.15, 0.2) is 0 Å². The van der Waals surface area contributed by atoms with Gasteiger partial charge in [0.2, 0.25) is 0 Å². The quantitative estimate of drug-likeness (QED) is 0.695. The predicted octanol–water partition coefficient (Wildman–Crippen LogP) is 4.84. The topological polar surface area (TPSA) is 29.5 Å². The SMILES string of the molecule is Cl.O=C1CCN(C2CCCCC2OCC(c2ccccc2)c2ccccc2)C1. The number of nitrogens with zero attached hydrogens (tertiary/aromatic N) is 1. The van der Waals surface area contributed by atoms with Crippen molar-refractivity contribution in [2.75, 3.05) is 19.7 Å². The molecule has 4 rings (SSSR count). The van der Waals surface area contributed by atoms with Crippen molar-refractivity contribution in [2.45, 2.75) is 50.2 Å². The largest absolute Gasteiger partial charge is 0.376 e. The molecule has 2 aliphatic rings. The summed E-state index contributed by atoms with van der Waals surface area (Å²) in [6.07, 6.45) is 5.67. The van der Waals surface area contributed by atoms with E-state index in [-0.39, 0.29) is 24.4 Å². The molecule has 0 radical (unpaired) electrons. The van der Waals surface area contributed by atoms with E-state index in [9.17, 15) is 4.79 Å². The van der Waals surface area contributed by atoms with Gasteiger partial charge in [-0.1, -0.05) is 73.5 Å². The Hall–Kier alpha value is -1.68. The maximum atomic E-state index is 11.8. The van der Waals surface area contributed by atoms with Crippen molar-refractivity contribution in [2.24, 2.45) is 0 Å². The molecule has 1 aliphatic carbocycles. The summed E-state index contributed by atoms with van der Waals surface area (Å²) in [6, 6.07) is 21.7. The van der Waals surface area contributed by atoms with Crippen molar-refractivity contribution in [3.05, 3.63) is 71.8 Å². The fourth-order valence-electron chi connectivity index (χ4n) is 4.60. The maximum Gasteiger partial charge on any atom is 0.148 e. The van der Waals surface area contributed by atoms with Crippen molar-refractivity contribution in [1.29, 1.82) is 0 Å². The summed E-state index contributed by atoms with van der Waals surface area (Å²) in [6.45, 7) is 2.21. The molecule has 4 heteroatoms. The standard InChI is InChI=1S/C24H29NO2.ClH/c26-21-15-16-25(17-21)23-13-7-8-14-24(23)27-18-22(19-9-3-1-4-10-19)20-11-5-2-6-12-20;/h1-6,9-12,22-24H,7-8,13-18H2;1H. The molecule has 0 N–H and O–H groups in total. The van der Waals surface area contributed by atoms with E-state index in [0.29, 0.717) is 31.4 Å². The number of carbonyl (C=O) groups is 1. The molecular weight excluding hydrogens is 370 g/mol. The Morgan fingerprint density at radius 1 is 0.929 bits per heavy atom. The van der Waals surface area contributed by atoms with Gasteiger partial charge in [0.25, 0.3) is 0 Å². The highest BCUT2D eigenvalue weighted by Gasteiger charge is 2.35. The van der Waals surface area contributed by atoms with E-state index in [1.54, 1.807) is 0 Å². The number of Topliss-reactive ketones (excluding diaryl/α,β-unsaturated/α-hetero) is 1. The number of likely N-dealkylation sites (tertiary alicyclic amines) is 1. The van der Waals surface area contributed by atoms with Crippen molar-refractivity contribution >= 4 is 18.2 Å². The third-order valence-electron chi connectivity index (χ3n) is 6.07. The number of ketones is 1. The first kappa shape index (κ1) is 21.0. The average Bonchev–Trinajstić information content (AvgIpc) is 3.16. The summed E-state index contributed by atoms with van der Waals surface area (Å²) < 4.78 is 6.56. The summed E-state index contributed by atoms with van der Waals surface area (Å²) in [4.78, 5) is 14.1. The second kappa shape index (κ2) is 10.2. The van der Waals surface area contributed by atoms with Gasteiger partial charge in [-0.15, -0.1) is 12.4 Å². The van der Waals surface area contributed by atoms with Crippen LogP contribution in [0.4, 0.5) is 0 Å². The molecule has 0 amide bonds. The van der Waals surface area contributed by atoms with Gasteiger partial charge in [0.05, 0.1) is 19.3 Å². The number of rotatable bonds is 6. The lowest BCUT2D eigenvalue weighted by atomic mass is 9.90. The second-order valence-electron chi connectivity index (χ2n) is 7.86. The number of ether oxygens (including phenoxy) is 1. The zero-order chi connectivity index (χ0) is 18.5. The highest BCUT2D eigenvalue weighted by Crippen LogP contribution is 2.31. The van der Waals surface area contributed by atoms with Crippen molar-refractivity contribution in [1.82, 2.24) is 4.90 Å². The minimum Gasteiger partial charge on any atom is -0.376 e. The Kier molecular flexibility index (Phi) is 7.66. The second-order valence-corrected chi connectivity index (χ2v) is 7.86. The van der Waals surface area contributed by atoms with Crippen LogP contribution in [0.5, 0.6) is 0 Å². The Morgan fingerprint density at radius 3 is 2.11 bits per heavy atom. The van der Waals surface area contributed by atoms with Crippen LogP contribution in [0.15, 0.2) is 60.7 Å². The molecule has 3 nitrogen and oxygen atoms in total. The van der Waals surface area contributed by atoms with E-state index >= 15 is 0 Å². The molecule has 0 spiro atoms. The molecule has 28 heavy (non-hydrogen) atoms. The Balaban J connectivity index is 0.00000225. The van der Waals surface area contributed by atoms with Gasteiger partial charge in [-0.05, 0) is 24.0 Å². The van der Waals surface area contributed by atoms with Crippen LogP contribution >= 0.6 is 12.4 Å². The molecule has 1 aliphatic heterocycles. The van der Waals surface area contributed by atoms with E-state index in [1.165, 1.54) is 24.0 Å². The molecule has 2 atom stereocenters. The molecule has 2 aromatic carbocycles. The molecule has 0 aromatic heterocycles. The smallest absolute Gasteiger partial charge is 0.148 e. The number of hydrogen-bond acceptors (Lipinski definition) is 3. The number of halogens is 1. The van der Waals surface area contributed by atoms with Gasteiger partial charge in [-0.2, -0.15) is 0 Å². The van der Waals surface area contributed by atoms with E-state index in [0.717, 1.165) is 19.4 Å². The third-order valence-corrected chi connectivity index (χ3v) is 6.07. The lowest BCUT2D eigenvalue weighted by Crippen LogP contribution is -2.46. The predicted molar refractivity (Wildman–Crippen MR) is 115 cm³/mol. The Morgan fingerprint density at radius 2 is 1.54 bits per heavy atom. The minimum absolute atomic E-state index is 0. The molecule has 2 unspecified atom stereocenters. The van der Waals surface area contributed by atoms with Crippen molar-refractivity contribution in [3.63, 3.8) is 0 Å². The fraction of sp³-hybridized carbons (Fsp3) is 0.458. The monoisotopic (exact) mass is 399 g/mol. The van der Waals surface area contributed by atoms with Crippen LogP contribution in [-0.2, 0) is 9.53 Å². The summed E-state index contributed by atoms with van der Waals surface area (Å²) >= 11 is 0. The van der Waals surface area contributed by atoms with Crippen LogP contribution in [0.25, 0.3) is 0 Å². The van der Waals surface area contributed by atoms with Gasteiger partial charge in [-0.3, -0.25) is 9.69 Å². The van der Waals surface area contributed by atoms with Gasteiger partial charge in [0.1, 0.15) is 5.78 Å². The van der Waals surface area contributed by atoms with Crippen LogP contribution < -0.4 is 0 Å². The first-order valence-corrected chi connectivity index (χ1v) is 10.3. The zero-order valence-corrected chi connectivity index (χ0v) is 17.2. The van der Waals surface area contributed by atoms with E-state index < -0.39 is 0 Å². The molecule has 1 saturated carbocycles. The summed E-state index contributed by atoms with van der Waals surface area (Å²) in [7, 11) is 0. The first-order chi connectivity index (χ1) is 13.3. The number of benzene rings is 2. The van der Waals surface area contributed by atoms with Gasteiger partial charge in [0, 0.05) is 24.9 Å². The van der Waals surface area contributed by atoms with Crippen LogP contribution in [0.2, 0.25) is 0 Å². The first-order valence-electron chi connectivity index (χ1n) is 10.3. The van der Waals surface area contributed by atoms with Crippen LogP contribution in [0, 0.1) is 0 Å². The molecular formula is C24H30ClNO2. The minimum atomic E-state index is 0. The lowest BCUT2D eigenvalue weighted by Gasteiger charge is -2.38. The van der Waals surface area contributed by atoms with Gasteiger partial charge < -0.3 is 4.74 Å². The molecule has 150 valence electrons. The average molecular weight is 400 g/mol. The van der Waals surface area contributed by atoms with Crippen LogP contribution in [0.3, 0.4) is 0 Å². The Bertz CT molecular complexity index is 697. The van der Waals surface area contributed by atoms with E-state index in [1.807, 2.05) is 0 Å². The van der Waals surface area contributed by atoms with E-state index in [2.05, 4.69) is 65.6 Å². The van der Waals surface area contributed by atoms with E-state index in [4.69, 9.17) is 4.74 Å². The van der Waals surface area contributed by atoms with Crippen molar-refractivity contribution in [3.8, 4) is 0 Å². The zero-order valence-electron chi connectivity index (χ0n) is 16.3. The fourth-order valence-corrected chi connectivity index (χ4v) is 4.60. The summed E-state index contributed by atoms with van der Waals surface area (Å²) in [5.74, 6) is 0.626. The molecule has 2 fully saturated rings. The van der Waals surface area contributed by atoms with Crippen molar-refractivity contribution < 1.29 is 9.53 Å². The lowest BCUT2D eigenvalue weighted by molar-refractivity contribution is -0.117. The normalized spacial score (nSPS) is 23.0. The third kappa shape index (κ3) is 5.02. The molecule has 1 saturated heterocycles. The van der Waals surface area contributed by atoms with Gasteiger partial charge in [-0.25, -0.2) is 0 Å². The number of hydrogen-bond donors (Lipinski definition) is 0.